The number of likely N-dealkylation sites (tertiary alicyclic amines) is 2. The minimum Gasteiger partial charge on any atom is -0.481 e. The van der Waals surface area contributed by atoms with E-state index < -0.39 is 5.60 Å². The van der Waals surface area contributed by atoms with Crippen molar-refractivity contribution >= 4 is 46.4 Å². The van der Waals surface area contributed by atoms with Gasteiger partial charge in [0.1, 0.15) is 29.0 Å². The Bertz CT molecular complexity index is 1120. The maximum Gasteiger partial charge on any atom is 0.410 e. The van der Waals surface area contributed by atoms with E-state index in [1.165, 1.54) is 19.8 Å². The first-order chi connectivity index (χ1) is 19.6. The van der Waals surface area contributed by atoms with E-state index in [4.69, 9.17) is 30.5 Å². The zero-order valence-electron chi connectivity index (χ0n) is 26.2. The summed E-state index contributed by atoms with van der Waals surface area (Å²) in [7, 11) is 3.10. The molecule has 0 atom stereocenters. The molecule has 2 aliphatic rings. The molecule has 2 saturated heterocycles. The molecule has 2 amide bonds. The quantitative estimate of drug-likeness (QED) is 0.170. The first kappa shape index (κ1) is 50.2. The topological polar surface area (TPSA) is 129 Å². The molecule has 2 aromatic rings. The molecule has 0 spiro atoms. The third-order valence-corrected chi connectivity index (χ3v) is 6.12. The summed E-state index contributed by atoms with van der Waals surface area (Å²) < 4.78 is 20.9. The fourth-order valence-electron chi connectivity index (χ4n) is 3.16. The fourth-order valence-corrected chi connectivity index (χ4v) is 4.25. The number of amides is 2. The van der Waals surface area contributed by atoms with Crippen LogP contribution in [0.15, 0.2) is 24.8 Å². The van der Waals surface area contributed by atoms with Crippen LogP contribution in [-0.2, 0) is 9.47 Å². The SMILES string of the molecule is C.C.C.C.CC.CC(C)(C)OC(=O)N1CC(I)C1.COc1cc(C2CN(C(=O)OC(C)(C)C)C2)ncn1.COc1cc(Cl)ncn1. The van der Waals surface area contributed by atoms with Crippen LogP contribution >= 0.6 is 34.2 Å². The van der Waals surface area contributed by atoms with Crippen molar-refractivity contribution in [3.63, 3.8) is 0 Å². The van der Waals surface area contributed by atoms with Gasteiger partial charge in [0.25, 0.3) is 0 Å². The van der Waals surface area contributed by atoms with Crippen molar-refractivity contribution in [3.8, 4) is 11.8 Å². The van der Waals surface area contributed by atoms with Crippen LogP contribution in [0.2, 0.25) is 5.15 Å². The summed E-state index contributed by atoms with van der Waals surface area (Å²) in [6.45, 7) is 18.1. The largest absolute Gasteiger partial charge is 0.481 e. The van der Waals surface area contributed by atoms with E-state index >= 15 is 0 Å². The number of nitrogens with zero attached hydrogens (tertiary/aromatic N) is 6. The third-order valence-electron chi connectivity index (χ3n) is 5.13. The highest BCUT2D eigenvalue weighted by molar-refractivity contribution is 14.1. The van der Waals surface area contributed by atoms with Crippen LogP contribution in [0.1, 0.15) is 96.7 Å². The molecule has 0 aromatic carbocycles. The van der Waals surface area contributed by atoms with E-state index in [-0.39, 0.29) is 53.4 Å². The molecular weight excluding hydrogens is 727 g/mol. The summed E-state index contributed by atoms with van der Waals surface area (Å²) in [4.78, 5) is 42.0. The average Bonchev–Trinajstić information content (AvgIpc) is 2.86. The number of carbonyl (C=O) groups is 2. The molecule has 14 heteroatoms. The average molecular weight is 787 g/mol. The van der Waals surface area contributed by atoms with E-state index in [1.807, 2.05) is 55.4 Å². The lowest BCUT2D eigenvalue weighted by Crippen LogP contribution is -2.52. The van der Waals surface area contributed by atoms with Crippen LogP contribution in [0.5, 0.6) is 11.8 Å². The molecule has 0 bridgehead atoms. The van der Waals surface area contributed by atoms with Crippen molar-refractivity contribution in [2.75, 3.05) is 40.4 Å². The van der Waals surface area contributed by atoms with E-state index in [1.54, 1.807) is 29.0 Å². The molecule has 0 N–H and O–H groups in total. The van der Waals surface area contributed by atoms with Crippen LogP contribution in [0.3, 0.4) is 0 Å². The van der Waals surface area contributed by atoms with Crippen molar-refractivity contribution < 1.29 is 28.5 Å². The predicted octanol–water partition coefficient (Wildman–Crippen LogP) is 8.57. The van der Waals surface area contributed by atoms with Gasteiger partial charge >= 0.3 is 12.2 Å². The van der Waals surface area contributed by atoms with E-state index in [0.29, 0.717) is 33.9 Å². The lowest BCUT2D eigenvalue weighted by molar-refractivity contribution is 0.00773. The van der Waals surface area contributed by atoms with Gasteiger partial charge in [-0.25, -0.2) is 29.5 Å². The maximum absolute atomic E-state index is 11.8. The molecule has 0 unspecified atom stereocenters. The predicted molar refractivity (Wildman–Crippen MR) is 197 cm³/mol. The molecule has 0 saturated carbocycles. The Kier molecular flexibility index (Phi) is 25.8. The van der Waals surface area contributed by atoms with Crippen molar-refractivity contribution in [2.45, 2.75) is 106 Å². The number of hydrogen-bond donors (Lipinski definition) is 0. The van der Waals surface area contributed by atoms with Gasteiger partial charge in [-0.15, -0.1) is 0 Å². The summed E-state index contributed by atoms with van der Waals surface area (Å²) in [5, 5.41) is 0.391. The molecule has 2 fully saturated rings. The first-order valence-corrected chi connectivity index (χ1v) is 15.2. The number of halogens is 2. The van der Waals surface area contributed by atoms with E-state index in [0.717, 1.165) is 18.8 Å². The molecule has 4 rings (SSSR count). The van der Waals surface area contributed by atoms with Gasteiger partial charge < -0.3 is 28.7 Å². The van der Waals surface area contributed by atoms with Crippen molar-refractivity contribution in [2.24, 2.45) is 0 Å². The van der Waals surface area contributed by atoms with Crippen LogP contribution in [-0.4, -0.2) is 97.4 Å². The van der Waals surface area contributed by atoms with Gasteiger partial charge in [0.15, 0.2) is 0 Å². The van der Waals surface area contributed by atoms with Gasteiger partial charge in [-0.05, 0) is 41.5 Å². The number of carbonyl (C=O) groups excluding carboxylic acids is 2. The lowest BCUT2D eigenvalue weighted by atomic mass is 9.96. The minimum atomic E-state index is -0.458. The summed E-state index contributed by atoms with van der Waals surface area (Å²) in [6, 6.07) is 3.35. The molecular formula is C32H60ClIN6O6. The normalized spacial score (nSPS) is 13.4. The lowest BCUT2D eigenvalue weighted by Gasteiger charge is -2.39. The van der Waals surface area contributed by atoms with Crippen molar-refractivity contribution in [1.82, 2.24) is 29.7 Å². The Hall–Kier alpha value is -2.68. The van der Waals surface area contributed by atoms with Crippen LogP contribution in [0.4, 0.5) is 9.59 Å². The van der Waals surface area contributed by atoms with Crippen LogP contribution < -0.4 is 9.47 Å². The molecule has 4 heterocycles. The number of ether oxygens (including phenoxy) is 4. The van der Waals surface area contributed by atoms with Crippen molar-refractivity contribution in [3.05, 3.63) is 35.6 Å². The Morgan fingerprint density at radius 3 is 1.48 bits per heavy atom. The molecule has 12 nitrogen and oxygen atoms in total. The number of hydrogen-bond acceptors (Lipinski definition) is 10. The number of aromatic nitrogens is 4. The smallest absolute Gasteiger partial charge is 0.410 e. The monoisotopic (exact) mass is 786 g/mol. The Morgan fingerprint density at radius 2 is 1.13 bits per heavy atom. The second kappa shape index (κ2) is 23.6. The highest BCUT2D eigenvalue weighted by Crippen LogP contribution is 2.28. The molecule has 268 valence electrons. The summed E-state index contributed by atoms with van der Waals surface area (Å²) in [6.07, 6.45) is 2.37. The number of rotatable bonds is 3. The highest BCUT2D eigenvalue weighted by Gasteiger charge is 2.35. The Morgan fingerprint density at radius 1 is 0.739 bits per heavy atom. The molecule has 46 heavy (non-hydrogen) atoms. The molecule has 0 aliphatic carbocycles. The van der Waals surface area contributed by atoms with Gasteiger partial charge in [-0.3, -0.25) is 0 Å². The third kappa shape index (κ3) is 19.1. The molecule has 2 aromatic heterocycles. The van der Waals surface area contributed by atoms with Crippen LogP contribution in [0, 0.1) is 0 Å². The first-order valence-electron chi connectivity index (χ1n) is 13.6. The number of methoxy groups -OCH3 is 2. The Balaban J connectivity index is -0.000000286. The van der Waals surface area contributed by atoms with E-state index in [9.17, 15) is 9.59 Å². The van der Waals surface area contributed by atoms with Gasteiger partial charge in [0, 0.05) is 48.2 Å². The molecule has 2 aliphatic heterocycles. The summed E-state index contributed by atoms with van der Waals surface area (Å²) in [5.41, 5.74) is 0.0694. The van der Waals surface area contributed by atoms with Gasteiger partial charge in [0.05, 0.1) is 19.9 Å². The van der Waals surface area contributed by atoms with Crippen LogP contribution in [0.25, 0.3) is 0 Å². The van der Waals surface area contributed by atoms with Gasteiger partial charge in [-0.2, -0.15) is 0 Å². The van der Waals surface area contributed by atoms with Crippen molar-refractivity contribution in [1.29, 1.82) is 0 Å². The molecule has 0 radical (unpaired) electrons. The van der Waals surface area contributed by atoms with Gasteiger partial charge in [-0.1, -0.05) is 77.7 Å². The minimum absolute atomic E-state index is 0. The highest BCUT2D eigenvalue weighted by atomic mass is 127. The zero-order valence-corrected chi connectivity index (χ0v) is 29.1. The van der Waals surface area contributed by atoms with E-state index in [2.05, 4.69) is 42.5 Å². The fraction of sp³-hybridized carbons (Fsp3) is 0.688. The summed E-state index contributed by atoms with van der Waals surface area (Å²) >= 11 is 7.82. The maximum atomic E-state index is 11.8. The summed E-state index contributed by atoms with van der Waals surface area (Å²) in [5.74, 6) is 1.25. The zero-order chi connectivity index (χ0) is 32.1. The second-order valence-electron chi connectivity index (χ2n) is 10.9. The number of alkyl halides is 1. The second-order valence-corrected chi connectivity index (χ2v) is 13.1. The van der Waals surface area contributed by atoms with Gasteiger partial charge in [0.2, 0.25) is 11.8 Å². The Labute approximate surface area is 297 Å². The standard InChI is InChI=1S/C13H19N3O3.C8H14INO2.C5H5ClN2O.C2H6.4CH4/c1-13(2,3)19-12(17)16-6-9(7-16)10-5-11(18-4)15-8-14-10;1-8(2,3)12-7(11)10-4-6(9)5-10;1-9-5-2-4(6)7-3-8-5;1-2;;;;/h5,8-9H,6-7H2,1-4H3;6H,4-5H2,1-3H3;2-3H,1H3;1-2H3;4*1H4.